The largest absolute Gasteiger partial charge is 0.573 e. The molecule has 0 saturated carbocycles. The highest BCUT2D eigenvalue weighted by molar-refractivity contribution is 5.71. The van der Waals surface area contributed by atoms with E-state index in [1.165, 1.54) is 12.1 Å². The molecule has 0 spiro atoms. The van der Waals surface area contributed by atoms with Gasteiger partial charge < -0.3 is 14.6 Å². The van der Waals surface area contributed by atoms with E-state index >= 15 is 0 Å². The molecule has 3 nitrogen and oxygen atoms in total. The van der Waals surface area contributed by atoms with E-state index in [0.717, 1.165) is 30.3 Å². The van der Waals surface area contributed by atoms with Crippen molar-refractivity contribution in [2.45, 2.75) is 12.7 Å². The van der Waals surface area contributed by atoms with Crippen molar-refractivity contribution in [2.75, 3.05) is 0 Å². The molecule has 2 aromatic carbocycles. The molecule has 0 atom stereocenters. The molecule has 9 heteroatoms. The maximum atomic E-state index is 12.1. The van der Waals surface area contributed by atoms with Crippen LogP contribution in [0, 0.1) is 0 Å². The fourth-order valence-electron chi connectivity index (χ4n) is 1.79. The number of aromatic hydroxyl groups is 1. The first-order chi connectivity index (χ1) is 10.5. The molecule has 2 rings (SSSR count). The maximum absolute atomic E-state index is 12.1. The Hall–Kier alpha value is -2.58. The number of benzene rings is 2. The predicted molar refractivity (Wildman–Crippen MR) is 66.9 cm³/mol. The second-order valence-electron chi connectivity index (χ2n) is 4.30. The number of hydrogen-bond donors (Lipinski definition) is 1. The van der Waals surface area contributed by atoms with Crippen LogP contribution in [-0.4, -0.2) is 17.8 Å². The number of ether oxygens (including phenoxy) is 2. The molecule has 0 unspecified atom stereocenters. The number of rotatable bonds is 3. The van der Waals surface area contributed by atoms with Crippen molar-refractivity contribution in [1.82, 2.24) is 0 Å². The van der Waals surface area contributed by atoms with E-state index in [2.05, 4.69) is 9.47 Å². The second-order valence-corrected chi connectivity index (χ2v) is 4.30. The van der Waals surface area contributed by atoms with E-state index in [0.29, 0.717) is 0 Å². The number of phenolic OH excluding ortho intramolecular Hbond substituents is 1. The van der Waals surface area contributed by atoms with E-state index in [9.17, 15) is 31.4 Å². The molecule has 2 aromatic rings. The Labute approximate surface area is 125 Å². The Morgan fingerprint density at radius 1 is 0.696 bits per heavy atom. The van der Waals surface area contributed by atoms with Crippen molar-refractivity contribution in [3.63, 3.8) is 0 Å². The number of phenols is 1. The van der Waals surface area contributed by atoms with Gasteiger partial charge in [-0.1, -0.05) is 12.1 Å². The molecular weight excluding hydrogens is 330 g/mol. The van der Waals surface area contributed by atoms with Crippen molar-refractivity contribution in [1.29, 1.82) is 0 Å². The van der Waals surface area contributed by atoms with Gasteiger partial charge in [0, 0.05) is 11.6 Å². The lowest BCUT2D eigenvalue weighted by Crippen LogP contribution is -2.17. The minimum absolute atomic E-state index is 0.123. The summed E-state index contributed by atoms with van der Waals surface area (Å²) in [5, 5.41) is 9.74. The highest BCUT2D eigenvalue weighted by atomic mass is 19.4. The second kappa shape index (κ2) is 5.90. The topological polar surface area (TPSA) is 38.7 Å². The molecule has 0 saturated heterocycles. The summed E-state index contributed by atoms with van der Waals surface area (Å²) in [6.07, 6.45) is -9.73. The first-order valence-corrected chi connectivity index (χ1v) is 5.98. The Morgan fingerprint density at radius 3 is 1.65 bits per heavy atom. The summed E-state index contributed by atoms with van der Waals surface area (Å²) >= 11 is 0. The number of alkyl halides is 6. The predicted octanol–water partition coefficient (Wildman–Crippen LogP) is 4.86. The Bertz CT molecular complexity index is 676. The summed E-state index contributed by atoms with van der Waals surface area (Å²) in [7, 11) is 0. The Morgan fingerprint density at radius 2 is 1.17 bits per heavy atom. The molecule has 0 heterocycles. The van der Waals surface area contributed by atoms with E-state index in [4.69, 9.17) is 0 Å². The third-order valence-corrected chi connectivity index (χ3v) is 2.60. The molecule has 0 aliphatic carbocycles. The van der Waals surface area contributed by atoms with E-state index in [1.807, 2.05) is 0 Å². The van der Waals surface area contributed by atoms with E-state index < -0.39 is 30.0 Å². The molecule has 0 aliphatic heterocycles. The summed E-state index contributed by atoms with van der Waals surface area (Å²) < 4.78 is 79.7. The smallest absolute Gasteiger partial charge is 0.507 e. The zero-order valence-electron chi connectivity index (χ0n) is 11.1. The fraction of sp³-hybridized carbons (Fsp3) is 0.143. The Balaban J connectivity index is 2.22. The third kappa shape index (κ3) is 4.97. The van der Waals surface area contributed by atoms with Crippen molar-refractivity contribution < 1.29 is 40.9 Å². The van der Waals surface area contributed by atoms with Crippen LogP contribution in [0.15, 0.2) is 42.5 Å². The summed E-state index contributed by atoms with van der Waals surface area (Å²) in [4.78, 5) is 0. The van der Waals surface area contributed by atoms with Crippen molar-refractivity contribution in [3.8, 4) is 28.4 Å². The van der Waals surface area contributed by atoms with Gasteiger partial charge in [-0.2, -0.15) is 0 Å². The van der Waals surface area contributed by atoms with Crippen LogP contribution < -0.4 is 9.47 Å². The lowest BCUT2D eigenvalue weighted by atomic mass is 10.0. The quantitative estimate of drug-likeness (QED) is 0.813. The van der Waals surface area contributed by atoms with Gasteiger partial charge in [-0.25, -0.2) is 0 Å². The summed E-state index contributed by atoms with van der Waals surface area (Å²) in [5.41, 5.74) is 0.411. The average Bonchev–Trinajstić information content (AvgIpc) is 2.36. The van der Waals surface area contributed by atoms with Gasteiger partial charge in [0.05, 0.1) is 0 Å². The standard InChI is InChI=1S/C14H8F6O3/c15-13(16,17)22-9-3-1-8(2-4-9)11-6-5-10(7-12(11)21)23-14(18,19)20/h1-7,21H. The zero-order chi connectivity index (χ0) is 17.3. The molecule has 0 amide bonds. The van der Waals surface area contributed by atoms with Gasteiger partial charge >= 0.3 is 12.7 Å². The van der Waals surface area contributed by atoms with Crippen LogP contribution >= 0.6 is 0 Å². The molecular formula is C14H8F6O3. The van der Waals surface area contributed by atoms with Crippen LogP contribution in [0.3, 0.4) is 0 Å². The van der Waals surface area contributed by atoms with Crippen molar-refractivity contribution in [2.24, 2.45) is 0 Å². The molecule has 0 aromatic heterocycles. The highest BCUT2D eigenvalue weighted by Gasteiger charge is 2.32. The van der Waals surface area contributed by atoms with Gasteiger partial charge in [0.2, 0.25) is 0 Å². The minimum Gasteiger partial charge on any atom is -0.507 e. The van der Waals surface area contributed by atoms with Crippen LogP contribution in [0.1, 0.15) is 0 Å². The van der Waals surface area contributed by atoms with Crippen LogP contribution in [0.25, 0.3) is 11.1 Å². The molecule has 0 bridgehead atoms. The number of halogens is 6. The van der Waals surface area contributed by atoms with Gasteiger partial charge in [-0.05, 0) is 29.8 Å². The summed E-state index contributed by atoms with van der Waals surface area (Å²) in [6.45, 7) is 0. The third-order valence-electron chi connectivity index (χ3n) is 2.60. The fourth-order valence-corrected chi connectivity index (χ4v) is 1.79. The lowest BCUT2D eigenvalue weighted by Gasteiger charge is -2.12. The van der Waals surface area contributed by atoms with Gasteiger partial charge in [0.25, 0.3) is 0 Å². The molecule has 124 valence electrons. The maximum Gasteiger partial charge on any atom is 0.573 e. The average molecular weight is 338 g/mol. The normalized spacial score (nSPS) is 12.1. The van der Waals surface area contributed by atoms with E-state index in [1.54, 1.807) is 0 Å². The zero-order valence-corrected chi connectivity index (χ0v) is 11.1. The number of hydrogen-bond acceptors (Lipinski definition) is 3. The molecule has 0 fully saturated rings. The SMILES string of the molecule is Oc1cc(OC(F)(F)F)ccc1-c1ccc(OC(F)(F)F)cc1. The lowest BCUT2D eigenvalue weighted by molar-refractivity contribution is -0.275. The first kappa shape index (κ1) is 16.8. The monoisotopic (exact) mass is 338 g/mol. The minimum atomic E-state index is -4.90. The van der Waals surface area contributed by atoms with Crippen LogP contribution in [-0.2, 0) is 0 Å². The summed E-state index contributed by atoms with van der Waals surface area (Å²) in [5.74, 6) is -1.59. The van der Waals surface area contributed by atoms with Crippen molar-refractivity contribution in [3.05, 3.63) is 42.5 Å². The molecule has 0 aliphatic rings. The van der Waals surface area contributed by atoms with Gasteiger partial charge in [-0.3, -0.25) is 0 Å². The molecule has 1 N–H and O–H groups in total. The van der Waals surface area contributed by atoms with Gasteiger partial charge in [0.15, 0.2) is 0 Å². The van der Waals surface area contributed by atoms with Gasteiger partial charge in [-0.15, -0.1) is 26.3 Å². The van der Waals surface area contributed by atoms with Crippen LogP contribution in [0.4, 0.5) is 26.3 Å². The van der Waals surface area contributed by atoms with Crippen molar-refractivity contribution >= 4 is 0 Å². The highest BCUT2D eigenvalue weighted by Crippen LogP contribution is 2.35. The van der Waals surface area contributed by atoms with Crippen LogP contribution in [0.5, 0.6) is 17.2 Å². The molecule has 23 heavy (non-hydrogen) atoms. The summed E-state index contributed by atoms with van der Waals surface area (Å²) in [6, 6.07) is 7.35. The van der Waals surface area contributed by atoms with E-state index in [-0.39, 0.29) is 11.1 Å². The molecule has 0 radical (unpaired) electrons. The van der Waals surface area contributed by atoms with Gasteiger partial charge in [0.1, 0.15) is 17.2 Å². The van der Waals surface area contributed by atoms with Crippen LogP contribution in [0.2, 0.25) is 0 Å². The Kier molecular flexibility index (Phi) is 4.31. The first-order valence-electron chi connectivity index (χ1n) is 5.98.